The van der Waals surface area contributed by atoms with Gasteiger partial charge in [0.05, 0.1) is 30.6 Å². The van der Waals surface area contributed by atoms with E-state index >= 15 is 0 Å². The maximum atomic E-state index is 12.5. The first-order chi connectivity index (χ1) is 15.5. The van der Waals surface area contributed by atoms with Gasteiger partial charge in [0, 0.05) is 31.1 Å². The van der Waals surface area contributed by atoms with Crippen LogP contribution in [0, 0.1) is 13.8 Å². The number of methoxy groups -OCH3 is 1. The van der Waals surface area contributed by atoms with Crippen LogP contribution in [-0.4, -0.2) is 48.5 Å². The molecule has 0 bridgehead atoms. The Bertz CT molecular complexity index is 1080. The van der Waals surface area contributed by atoms with Gasteiger partial charge in [-0.1, -0.05) is 30.3 Å². The molecule has 0 aliphatic carbocycles. The van der Waals surface area contributed by atoms with Crippen molar-refractivity contribution in [3.05, 3.63) is 65.1 Å². The lowest BCUT2D eigenvalue weighted by Crippen LogP contribution is -2.43. The van der Waals surface area contributed by atoms with Crippen molar-refractivity contribution < 1.29 is 19.0 Å². The normalized spacial score (nSPS) is 19.9. The number of aryl methyl sites for hydroxylation is 2. The van der Waals surface area contributed by atoms with Gasteiger partial charge < -0.3 is 29.2 Å². The van der Waals surface area contributed by atoms with E-state index in [0.717, 1.165) is 33.8 Å². The Balaban J connectivity index is 1.84. The SMILES string of the molecule is CCNC(=O)O[C@@H]1[C@@H](c2ccccc2)Nc2c(ccn3c(C)c(C)nc23)[C@H]1OCCOC. The molecule has 4 rings (SSSR count). The Kier molecular flexibility index (Phi) is 6.62. The van der Waals surface area contributed by atoms with Gasteiger partial charge in [-0.3, -0.25) is 0 Å². The number of nitrogens with zero attached hydrogens (tertiary/aromatic N) is 2. The number of rotatable bonds is 7. The van der Waals surface area contributed by atoms with Gasteiger partial charge in [0.1, 0.15) is 6.10 Å². The molecular weight excluding hydrogens is 408 g/mol. The number of hydrogen-bond acceptors (Lipinski definition) is 6. The number of benzene rings is 1. The number of hydrogen-bond donors (Lipinski definition) is 2. The van der Waals surface area contributed by atoms with Crippen LogP contribution in [0.1, 0.15) is 41.6 Å². The zero-order valence-electron chi connectivity index (χ0n) is 18.9. The summed E-state index contributed by atoms with van der Waals surface area (Å²) in [6, 6.07) is 11.6. The molecule has 1 amide bonds. The van der Waals surface area contributed by atoms with Crippen LogP contribution in [0.4, 0.5) is 10.5 Å². The number of nitrogens with one attached hydrogen (secondary N) is 2. The van der Waals surface area contributed by atoms with Crippen LogP contribution < -0.4 is 10.6 Å². The minimum Gasteiger partial charge on any atom is -0.441 e. The van der Waals surface area contributed by atoms with Crippen molar-refractivity contribution >= 4 is 17.4 Å². The number of carbonyl (C=O) groups is 1. The molecule has 0 saturated heterocycles. The van der Waals surface area contributed by atoms with Crippen LogP contribution >= 0.6 is 0 Å². The van der Waals surface area contributed by atoms with Gasteiger partial charge in [0.15, 0.2) is 11.8 Å². The summed E-state index contributed by atoms with van der Waals surface area (Å²) < 4.78 is 19.5. The maximum absolute atomic E-state index is 12.5. The first-order valence-corrected chi connectivity index (χ1v) is 10.9. The molecular formula is C24H30N4O4. The Morgan fingerprint density at radius 2 is 1.97 bits per heavy atom. The molecule has 1 aliphatic rings. The number of alkyl carbamates (subject to hydrolysis) is 1. The first kappa shape index (κ1) is 22.1. The number of fused-ring (bicyclic) bond motifs is 3. The fourth-order valence-corrected chi connectivity index (χ4v) is 4.14. The van der Waals surface area contributed by atoms with E-state index < -0.39 is 18.3 Å². The van der Waals surface area contributed by atoms with Crippen LogP contribution in [0.3, 0.4) is 0 Å². The second-order valence-electron chi connectivity index (χ2n) is 7.84. The monoisotopic (exact) mass is 438 g/mol. The van der Waals surface area contributed by atoms with Crippen molar-refractivity contribution in [1.82, 2.24) is 14.7 Å². The third-order valence-electron chi connectivity index (χ3n) is 5.84. The zero-order chi connectivity index (χ0) is 22.7. The largest absolute Gasteiger partial charge is 0.441 e. The van der Waals surface area contributed by atoms with Crippen LogP contribution in [0.25, 0.3) is 5.65 Å². The summed E-state index contributed by atoms with van der Waals surface area (Å²) in [5.74, 6) is 0. The Morgan fingerprint density at radius 3 is 2.69 bits per heavy atom. The molecule has 0 unspecified atom stereocenters. The molecule has 3 aromatic rings. The summed E-state index contributed by atoms with van der Waals surface area (Å²) in [6.07, 6.45) is 0.436. The molecule has 32 heavy (non-hydrogen) atoms. The maximum Gasteiger partial charge on any atom is 0.407 e. The number of aromatic nitrogens is 2. The second-order valence-corrected chi connectivity index (χ2v) is 7.84. The van der Waals surface area contributed by atoms with Gasteiger partial charge in [0.2, 0.25) is 0 Å². The molecule has 2 aromatic heterocycles. The molecule has 1 aliphatic heterocycles. The van der Waals surface area contributed by atoms with Gasteiger partial charge in [-0.2, -0.15) is 0 Å². The van der Waals surface area contributed by atoms with Crippen molar-refractivity contribution in [2.75, 3.05) is 32.2 Å². The third-order valence-corrected chi connectivity index (χ3v) is 5.84. The predicted octanol–water partition coefficient (Wildman–Crippen LogP) is 3.94. The van der Waals surface area contributed by atoms with Crippen molar-refractivity contribution in [3.8, 4) is 0 Å². The third kappa shape index (κ3) is 4.16. The molecule has 3 atom stereocenters. The molecule has 0 saturated carbocycles. The minimum atomic E-state index is -0.590. The predicted molar refractivity (Wildman–Crippen MR) is 122 cm³/mol. The summed E-state index contributed by atoms with van der Waals surface area (Å²) in [5, 5.41) is 6.35. The summed E-state index contributed by atoms with van der Waals surface area (Å²) >= 11 is 0. The standard InChI is InChI=1S/C24H30N4O4/c1-5-25-24(29)32-22-19(17-9-7-6-8-10-17)27-20-18(21(22)31-14-13-30-4)11-12-28-16(3)15(2)26-23(20)28/h6-12,19,21-22,27H,5,13-14H2,1-4H3,(H,25,29)/t19-,21-,22-/m1/s1. The van der Waals surface area contributed by atoms with Crippen LogP contribution in [0.5, 0.6) is 0 Å². The Morgan fingerprint density at radius 1 is 1.19 bits per heavy atom. The van der Waals surface area contributed by atoms with E-state index in [4.69, 9.17) is 19.2 Å². The smallest absolute Gasteiger partial charge is 0.407 e. The lowest BCUT2D eigenvalue weighted by Gasteiger charge is -2.40. The highest BCUT2D eigenvalue weighted by Crippen LogP contribution is 2.44. The molecule has 0 spiro atoms. The minimum absolute atomic E-state index is 0.317. The molecule has 8 nitrogen and oxygen atoms in total. The van der Waals surface area contributed by atoms with Crippen molar-refractivity contribution in [2.45, 2.75) is 39.0 Å². The zero-order valence-corrected chi connectivity index (χ0v) is 18.9. The number of carbonyl (C=O) groups excluding carboxylic acids is 1. The fraction of sp³-hybridized carbons (Fsp3) is 0.417. The van der Waals surface area contributed by atoms with Crippen LogP contribution in [0.15, 0.2) is 42.6 Å². The highest BCUT2D eigenvalue weighted by molar-refractivity contribution is 5.76. The number of imidazole rings is 1. The molecule has 1 aromatic carbocycles. The summed E-state index contributed by atoms with van der Waals surface area (Å²) in [4.78, 5) is 17.3. The van der Waals surface area contributed by atoms with Crippen LogP contribution in [-0.2, 0) is 14.2 Å². The van der Waals surface area contributed by atoms with Gasteiger partial charge >= 0.3 is 6.09 Å². The summed E-state index contributed by atoms with van der Waals surface area (Å²) in [7, 11) is 1.63. The molecule has 8 heteroatoms. The van der Waals surface area contributed by atoms with E-state index in [1.54, 1.807) is 7.11 Å². The number of amides is 1. The van der Waals surface area contributed by atoms with E-state index in [2.05, 4.69) is 15.0 Å². The van der Waals surface area contributed by atoms with Gasteiger partial charge in [-0.25, -0.2) is 9.78 Å². The topological polar surface area (TPSA) is 86.1 Å². The van der Waals surface area contributed by atoms with Crippen molar-refractivity contribution in [3.63, 3.8) is 0 Å². The lowest BCUT2D eigenvalue weighted by molar-refractivity contribution is -0.0681. The summed E-state index contributed by atoms with van der Waals surface area (Å²) in [6.45, 7) is 7.19. The van der Waals surface area contributed by atoms with E-state index in [-0.39, 0.29) is 6.04 Å². The van der Waals surface area contributed by atoms with Crippen molar-refractivity contribution in [2.24, 2.45) is 0 Å². The molecule has 170 valence electrons. The lowest BCUT2D eigenvalue weighted by atomic mass is 9.88. The fourth-order valence-electron chi connectivity index (χ4n) is 4.14. The van der Waals surface area contributed by atoms with Crippen molar-refractivity contribution in [1.29, 1.82) is 0 Å². The average molecular weight is 439 g/mol. The van der Waals surface area contributed by atoms with Gasteiger partial charge in [-0.15, -0.1) is 0 Å². The highest BCUT2D eigenvalue weighted by Gasteiger charge is 2.42. The van der Waals surface area contributed by atoms with E-state index in [9.17, 15) is 4.79 Å². The van der Waals surface area contributed by atoms with E-state index in [0.29, 0.717) is 19.8 Å². The molecule has 2 N–H and O–H groups in total. The molecule has 3 heterocycles. The van der Waals surface area contributed by atoms with Gasteiger partial charge in [-0.05, 0) is 32.4 Å². The first-order valence-electron chi connectivity index (χ1n) is 10.9. The highest BCUT2D eigenvalue weighted by atomic mass is 16.6. The summed E-state index contributed by atoms with van der Waals surface area (Å²) in [5.41, 5.74) is 5.66. The Labute approximate surface area is 187 Å². The second kappa shape index (κ2) is 9.58. The Hall–Kier alpha value is -3.10. The molecule has 0 fully saturated rings. The number of pyridine rings is 1. The molecule has 0 radical (unpaired) electrons. The number of ether oxygens (including phenoxy) is 3. The van der Waals surface area contributed by atoms with Crippen LogP contribution in [0.2, 0.25) is 0 Å². The quantitative estimate of drug-likeness (QED) is 0.544. The number of anilines is 1. The van der Waals surface area contributed by atoms with Gasteiger partial charge in [0.25, 0.3) is 0 Å². The van der Waals surface area contributed by atoms with E-state index in [1.165, 1.54) is 0 Å². The van der Waals surface area contributed by atoms with E-state index in [1.807, 2.05) is 63.4 Å². The average Bonchev–Trinajstić information content (AvgIpc) is 3.09.